The number of ether oxygens (including phenoxy) is 1. The number of nitrogens with zero attached hydrogens (tertiary/aromatic N) is 6. The first-order chi connectivity index (χ1) is 21.4. The van der Waals surface area contributed by atoms with Crippen molar-refractivity contribution in [2.24, 2.45) is 0 Å². The molecule has 0 bridgehead atoms. The maximum absolute atomic E-state index is 14.7. The van der Waals surface area contributed by atoms with Gasteiger partial charge in [-0.25, -0.2) is 9.37 Å². The number of likely N-dealkylation sites (N-methyl/N-ethyl adjacent to an activating group) is 1. The van der Waals surface area contributed by atoms with E-state index in [4.69, 9.17) is 21.3 Å². The number of para-hydroxylation sites is 1. The highest BCUT2D eigenvalue weighted by Crippen LogP contribution is 2.39. The molecule has 44 heavy (non-hydrogen) atoms. The first-order valence-corrected chi connectivity index (χ1v) is 14.9. The second-order valence-corrected chi connectivity index (χ2v) is 11.3. The molecular formula is C32H33ClFN7O3. The van der Waals surface area contributed by atoms with Crippen LogP contribution in [0.1, 0.15) is 28.5 Å². The number of aromatic nitrogens is 3. The highest BCUT2D eigenvalue weighted by molar-refractivity contribution is 6.29. The van der Waals surface area contributed by atoms with Gasteiger partial charge >= 0.3 is 0 Å². The van der Waals surface area contributed by atoms with Crippen LogP contribution < -0.4 is 15.0 Å². The van der Waals surface area contributed by atoms with Gasteiger partial charge in [0, 0.05) is 50.2 Å². The fraction of sp³-hybridized carbons (Fsp3) is 0.312. The zero-order chi connectivity index (χ0) is 30.6. The second-order valence-electron chi connectivity index (χ2n) is 10.9. The lowest BCUT2D eigenvalue weighted by molar-refractivity contribution is 0.0917. The SMILES string of the molecule is CN1CCN(C(CCNC(=O)c2ccccc2O)c2cc(N3CCOc4cnc(-c5cc(Cl)ncc5F)cc43)ccn2)CC1. The van der Waals surface area contributed by atoms with Crippen molar-refractivity contribution in [1.29, 1.82) is 0 Å². The Morgan fingerprint density at radius 2 is 1.89 bits per heavy atom. The molecule has 0 aliphatic carbocycles. The quantitative estimate of drug-likeness (QED) is 0.273. The lowest BCUT2D eigenvalue weighted by atomic mass is 10.0. The van der Waals surface area contributed by atoms with Crippen LogP contribution in [-0.4, -0.2) is 88.7 Å². The standard InChI is InChI=1S/C32H33ClFN7O3/c1-39-10-12-40(13-11-39)27(7-9-36-32(43)22-4-2-3-5-29(22)42)26-16-21(6-8-35-26)41-14-15-44-30-20-37-25(18-28(30)41)23-17-31(33)38-19-24(23)34/h2-6,8,16-20,27,42H,7,9-15H2,1H3,(H,36,43). The number of hydrogen-bond donors (Lipinski definition) is 2. The van der Waals surface area contributed by atoms with Crippen LogP contribution in [0.25, 0.3) is 11.3 Å². The fourth-order valence-corrected chi connectivity index (χ4v) is 5.83. The van der Waals surface area contributed by atoms with Gasteiger partial charge in [0.1, 0.15) is 17.5 Å². The molecule has 5 heterocycles. The predicted octanol–water partition coefficient (Wildman–Crippen LogP) is 4.68. The number of phenolic OH excluding ortho intramolecular Hbond substituents is 1. The third-order valence-corrected chi connectivity index (χ3v) is 8.26. The molecule has 1 unspecified atom stereocenters. The Balaban J connectivity index is 1.27. The third-order valence-electron chi connectivity index (χ3n) is 8.06. The molecule has 1 saturated heterocycles. The summed E-state index contributed by atoms with van der Waals surface area (Å²) >= 11 is 6.06. The molecule has 1 amide bonds. The molecule has 4 aromatic rings. The minimum Gasteiger partial charge on any atom is -0.507 e. The van der Waals surface area contributed by atoms with E-state index in [9.17, 15) is 14.3 Å². The van der Waals surface area contributed by atoms with E-state index in [-0.39, 0.29) is 34.0 Å². The molecule has 228 valence electrons. The normalized spacial score (nSPS) is 16.2. The van der Waals surface area contributed by atoms with Crippen molar-refractivity contribution in [2.45, 2.75) is 12.5 Å². The monoisotopic (exact) mass is 617 g/mol. The summed E-state index contributed by atoms with van der Waals surface area (Å²) < 4.78 is 20.6. The number of carbonyl (C=O) groups excluding carboxylic acids is 1. The van der Waals surface area contributed by atoms with Crippen LogP contribution in [0.4, 0.5) is 15.8 Å². The Hall–Kier alpha value is -4.32. The van der Waals surface area contributed by atoms with Gasteiger partial charge < -0.3 is 25.0 Å². The molecule has 12 heteroatoms. The third kappa shape index (κ3) is 6.45. The van der Waals surface area contributed by atoms with E-state index in [0.717, 1.165) is 49.4 Å². The first kappa shape index (κ1) is 29.7. The van der Waals surface area contributed by atoms with Crippen LogP contribution >= 0.6 is 11.6 Å². The lowest BCUT2D eigenvalue weighted by Crippen LogP contribution is -2.46. The first-order valence-electron chi connectivity index (χ1n) is 14.5. The van der Waals surface area contributed by atoms with Gasteiger partial charge in [0.15, 0.2) is 11.6 Å². The topological polar surface area (TPSA) is 107 Å². The van der Waals surface area contributed by atoms with Crippen molar-refractivity contribution >= 4 is 28.9 Å². The maximum Gasteiger partial charge on any atom is 0.255 e. The molecule has 1 aromatic carbocycles. The number of aromatic hydroxyl groups is 1. The second kappa shape index (κ2) is 13.1. The van der Waals surface area contributed by atoms with Crippen LogP contribution in [0.5, 0.6) is 11.5 Å². The number of amides is 1. The number of carbonyl (C=O) groups is 1. The molecule has 3 aromatic heterocycles. The number of fused-ring (bicyclic) bond motifs is 1. The summed E-state index contributed by atoms with van der Waals surface area (Å²) in [6.45, 7) is 5.05. The summed E-state index contributed by atoms with van der Waals surface area (Å²) in [7, 11) is 2.11. The molecule has 0 saturated carbocycles. The summed E-state index contributed by atoms with van der Waals surface area (Å²) in [5.74, 6) is -0.278. The Labute approximate surface area is 260 Å². The van der Waals surface area contributed by atoms with Crippen LogP contribution in [0.15, 0.2) is 67.1 Å². The number of hydrogen-bond acceptors (Lipinski definition) is 9. The maximum atomic E-state index is 14.7. The smallest absolute Gasteiger partial charge is 0.255 e. The molecular weight excluding hydrogens is 585 g/mol. The van der Waals surface area contributed by atoms with E-state index in [1.54, 1.807) is 36.7 Å². The average Bonchev–Trinajstić information content (AvgIpc) is 3.04. The summed E-state index contributed by atoms with van der Waals surface area (Å²) in [5.41, 5.74) is 3.50. The number of rotatable bonds is 8. The Bertz CT molecular complexity index is 1650. The van der Waals surface area contributed by atoms with Crippen LogP contribution in [-0.2, 0) is 0 Å². The Morgan fingerprint density at radius 1 is 1.07 bits per heavy atom. The van der Waals surface area contributed by atoms with Crippen LogP contribution in [0.2, 0.25) is 5.15 Å². The molecule has 0 spiro atoms. The summed E-state index contributed by atoms with van der Waals surface area (Å²) in [5, 5.41) is 13.2. The number of piperazine rings is 1. The molecule has 2 aliphatic heterocycles. The summed E-state index contributed by atoms with van der Waals surface area (Å²) in [6, 6.07) is 13.8. The number of benzene rings is 1. The van der Waals surface area contributed by atoms with Crippen LogP contribution in [0, 0.1) is 5.82 Å². The van der Waals surface area contributed by atoms with Gasteiger partial charge in [0.2, 0.25) is 0 Å². The largest absolute Gasteiger partial charge is 0.507 e. The van der Waals surface area contributed by atoms with Gasteiger partial charge in [-0.15, -0.1) is 0 Å². The highest BCUT2D eigenvalue weighted by atomic mass is 35.5. The van der Waals surface area contributed by atoms with E-state index < -0.39 is 5.82 Å². The molecule has 2 N–H and O–H groups in total. The molecule has 0 radical (unpaired) electrons. The van der Waals surface area contributed by atoms with Crippen molar-refractivity contribution in [3.05, 3.63) is 89.3 Å². The zero-order valence-electron chi connectivity index (χ0n) is 24.3. The van der Waals surface area contributed by atoms with E-state index in [1.165, 1.54) is 12.1 Å². The molecule has 1 fully saturated rings. The van der Waals surface area contributed by atoms with Gasteiger partial charge in [-0.1, -0.05) is 23.7 Å². The molecule has 6 rings (SSSR count). The van der Waals surface area contributed by atoms with E-state index in [0.29, 0.717) is 37.6 Å². The van der Waals surface area contributed by atoms with Crippen molar-refractivity contribution in [2.75, 3.05) is 57.8 Å². The predicted molar refractivity (Wildman–Crippen MR) is 166 cm³/mol. The van der Waals surface area contributed by atoms with Crippen molar-refractivity contribution in [1.82, 2.24) is 30.1 Å². The fourth-order valence-electron chi connectivity index (χ4n) is 5.67. The molecule has 1 atom stereocenters. The van der Waals surface area contributed by atoms with E-state index >= 15 is 0 Å². The number of phenols is 1. The minimum absolute atomic E-state index is 0.0464. The zero-order valence-corrected chi connectivity index (χ0v) is 25.0. The van der Waals surface area contributed by atoms with E-state index in [2.05, 4.69) is 43.1 Å². The Morgan fingerprint density at radius 3 is 2.70 bits per heavy atom. The van der Waals surface area contributed by atoms with Gasteiger partial charge in [0.25, 0.3) is 5.91 Å². The van der Waals surface area contributed by atoms with Gasteiger partial charge in [0.05, 0.1) is 47.6 Å². The Kier molecular flexibility index (Phi) is 8.87. The summed E-state index contributed by atoms with van der Waals surface area (Å²) in [4.78, 5) is 32.6. The molecule has 10 nitrogen and oxygen atoms in total. The number of pyridine rings is 3. The summed E-state index contributed by atoms with van der Waals surface area (Å²) in [6.07, 6.45) is 5.13. The average molecular weight is 618 g/mol. The number of nitrogens with one attached hydrogen (secondary N) is 1. The number of anilines is 2. The lowest BCUT2D eigenvalue weighted by Gasteiger charge is -2.38. The number of halogens is 2. The molecule has 2 aliphatic rings. The van der Waals surface area contributed by atoms with Crippen LogP contribution in [0.3, 0.4) is 0 Å². The van der Waals surface area contributed by atoms with Gasteiger partial charge in [-0.05, 0) is 49.9 Å². The van der Waals surface area contributed by atoms with Crippen molar-refractivity contribution < 1.29 is 19.0 Å². The van der Waals surface area contributed by atoms with Crippen molar-refractivity contribution in [3.8, 4) is 22.8 Å². The van der Waals surface area contributed by atoms with E-state index in [1.807, 2.05) is 6.07 Å². The van der Waals surface area contributed by atoms with Gasteiger partial charge in [-0.2, -0.15) is 0 Å². The van der Waals surface area contributed by atoms with Crippen molar-refractivity contribution in [3.63, 3.8) is 0 Å². The minimum atomic E-state index is -0.513. The van der Waals surface area contributed by atoms with Gasteiger partial charge in [-0.3, -0.25) is 19.7 Å². The highest BCUT2D eigenvalue weighted by Gasteiger charge is 2.27.